The SMILES string of the molecule is Nc1cc(N)nc(SCc2nc(C3CC3)no2)n1. The molecule has 0 radical (unpaired) electrons. The zero-order valence-electron chi connectivity index (χ0n) is 9.54. The molecule has 0 saturated heterocycles. The molecule has 3 rings (SSSR count). The Balaban J connectivity index is 1.65. The van der Waals surface area contributed by atoms with Crippen molar-refractivity contribution in [2.45, 2.75) is 29.7 Å². The maximum absolute atomic E-state index is 5.58. The van der Waals surface area contributed by atoms with Crippen LogP contribution in [0, 0.1) is 0 Å². The van der Waals surface area contributed by atoms with Gasteiger partial charge in [-0.1, -0.05) is 16.9 Å². The number of rotatable bonds is 4. The minimum Gasteiger partial charge on any atom is -0.383 e. The van der Waals surface area contributed by atoms with Crippen LogP contribution < -0.4 is 11.5 Å². The number of hydrogen-bond donors (Lipinski definition) is 2. The van der Waals surface area contributed by atoms with Crippen LogP contribution in [0.2, 0.25) is 0 Å². The fourth-order valence-electron chi connectivity index (χ4n) is 1.49. The lowest BCUT2D eigenvalue weighted by Gasteiger charge is -2.00. The fraction of sp³-hybridized carbons (Fsp3) is 0.400. The lowest BCUT2D eigenvalue weighted by molar-refractivity contribution is 0.385. The van der Waals surface area contributed by atoms with E-state index in [0.717, 1.165) is 18.7 Å². The first-order valence-corrected chi connectivity index (χ1v) is 6.54. The number of nitrogen functional groups attached to an aromatic ring is 2. The number of thioether (sulfide) groups is 1. The lowest BCUT2D eigenvalue weighted by atomic mass is 10.4. The third kappa shape index (κ3) is 2.53. The van der Waals surface area contributed by atoms with E-state index in [1.807, 2.05) is 0 Å². The molecule has 0 aliphatic heterocycles. The van der Waals surface area contributed by atoms with Crippen LogP contribution in [0.15, 0.2) is 15.7 Å². The molecule has 1 saturated carbocycles. The third-order valence-electron chi connectivity index (χ3n) is 2.50. The van der Waals surface area contributed by atoms with Crippen molar-refractivity contribution in [3.8, 4) is 0 Å². The maximum atomic E-state index is 5.58. The first-order valence-electron chi connectivity index (χ1n) is 5.56. The van der Waals surface area contributed by atoms with Gasteiger partial charge in [0, 0.05) is 12.0 Å². The average molecular weight is 264 g/mol. The van der Waals surface area contributed by atoms with E-state index in [1.165, 1.54) is 17.8 Å². The highest BCUT2D eigenvalue weighted by Gasteiger charge is 2.28. The Kier molecular flexibility index (Phi) is 2.78. The highest BCUT2D eigenvalue weighted by atomic mass is 32.2. The summed E-state index contributed by atoms with van der Waals surface area (Å²) in [6.07, 6.45) is 2.31. The molecule has 0 spiro atoms. The molecule has 2 aromatic heterocycles. The molecule has 0 atom stereocenters. The van der Waals surface area contributed by atoms with E-state index in [4.69, 9.17) is 16.0 Å². The van der Waals surface area contributed by atoms with Crippen LogP contribution in [0.5, 0.6) is 0 Å². The van der Waals surface area contributed by atoms with E-state index in [0.29, 0.717) is 34.4 Å². The number of hydrogen-bond acceptors (Lipinski definition) is 8. The number of aromatic nitrogens is 4. The van der Waals surface area contributed by atoms with Crippen LogP contribution in [0.25, 0.3) is 0 Å². The Bertz CT molecular complexity index is 547. The van der Waals surface area contributed by atoms with Gasteiger partial charge in [-0.25, -0.2) is 9.97 Å². The van der Waals surface area contributed by atoms with Gasteiger partial charge < -0.3 is 16.0 Å². The molecule has 0 bridgehead atoms. The summed E-state index contributed by atoms with van der Waals surface area (Å²) < 4.78 is 5.15. The summed E-state index contributed by atoms with van der Waals surface area (Å²) in [6, 6.07) is 1.52. The van der Waals surface area contributed by atoms with Crippen molar-refractivity contribution in [3.05, 3.63) is 17.8 Å². The highest BCUT2D eigenvalue weighted by molar-refractivity contribution is 7.98. The van der Waals surface area contributed by atoms with Gasteiger partial charge in [-0.15, -0.1) is 0 Å². The molecule has 18 heavy (non-hydrogen) atoms. The Morgan fingerprint density at radius 2 is 1.94 bits per heavy atom. The standard InChI is InChI=1S/C10H12N6OS/c11-6-3-7(12)14-10(13-6)18-4-8-15-9(16-17-8)5-1-2-5/h3,5H,1-2,4H2,(H4,11,12,13,14). The summed E-state index contributed by atoms with van der Waals surface area (Å²) in [7, 11) is 0. The van der Waals surface area contributed by atoms with Gasteiger partial charge in [0.15, 0.2) is 11.0 Å². The van der Waals surface area contributed by atoms with Crippen LogP contribution in [-0.2, 0) is 5.75 Å². The molecule has 4 N–H and O–H groups in total. The molecule has 1 aliphatic rings. The smallest absolute Gasteiger partial charge is 0.237 e. The Hall–Kier alpha value is -1.83. The van der Waals surface area contributed by atoms with E-state index in [2.05, 4.69) is 20.1 Å². The predicted molar refractivity (Wildman–Crippen MR) is 66.7 cm³/mol. The Labute approximate surface area is 107 Å². The summed E-state index contributed by atoms with van der Waals surface area (Å²) >= 11 is 1.37. The van der Waals surface area contributed by atoms with E-state index >= 15 is 0 Å². The topological polar surface area (TPSA) is 117 Å². The first-order chi connectivity index (χ1) is 8.70. The quantitative estimate of drug-likeness (QED) is 0.624. The molecule has 2 aromatic rings. The van der Waals surface area contributed by atoms with Crippen molar-refractivity contribution >= 4 is 23.4 Å². The largest absolute Gasteiger partial charge is 0.383 e. The van der Waals surface area contributed by atoms with Crippen molar-refractivity contribution in [1.29, 1.82) is 0 Å². The van der Waals surface area contributed by atoms with Crippen LogP contribution in [0.3, 0.4) is 0 Å². The van der Waals surface area contributed by atoms with E-state index in [-0.39, 0.29) is 0 Å². The van der Waals surface area contributed by atoms with Crippen molar-refractivity contribution in [2.24, 2.45) is 0 Å². The molecular weight excluding hydrogens is 252 g/mol. The van der Waals surface area contributed by atoms with Crippen LogP contribution in [0.1, 0.15) is 30.5 Å². The average Bonchev–Trinajstić information content (AvgIpc) is 3.05. The molecule has 2 heterocycles. The first kappa shape index (κ1) is 11.3. The molecule has 0 amide bonds. The highest BCUT2D eigenvalue weighted by Crippen LogP contribution is 2.38. The van der Waals surface area contributed by atoms with Crippen molar-refractivity contribution in [2.75, 3.05) is 11.5 Å². The number of anilines is 2. The minimum atomic E-state index is 0.356. The van der Waals surface area contributed by atoms with Crippen LogP contribution in [0.4, 0.5) is 11.6 Å². The summed E-state index contributed by atoms with van der Waals surface area (Å²) in [4.78, 5) is 12.4. The molecule has 7 nitrogen and oxygen atoms in total. The van der Waals surface area contributed by atoms with Gasteiger partial charge >= 0.3 is 0 Å². The number of nitrogens with zero attached hydrogens (tertiary/aromatic N) is 4. The number of nitrogens with two attached hydrogens (primary N) is 2. The molecule has 94 valence electrons. The molecule has 8 heteroatoms. The van der Waals surface area contributed by atoms with Gasteiger partial charge in [-0.2, -0.15) is 4.98 Å². The van der Waals surface area contributed by atoms with Gasteiger partial charge in [0.2, 0.25) is 5.89 Å². The van der Waals surface area contributed by atoms with Gasteiger partial charge in [0.1, 0.15) is 11.6 Å². The second-order valence-electron chi connectivity index (χ2n) is 4.11. The zero-order valence-corrected chi connectivity index (χ0v) is 10.4. The lowest BCUT2D eigenvalue weighted by Crippen LogP contribution is -1.99. The van der Waals surface area contributed by atoms with E-state index < -0.39 is 0 Å². The fourth-order valence-corrected chi connectivity index (χ4v) is 2.20. The van der Waals surface area contributed by atoms with E-state index in [9.17, 15) is 0 Å². The molecular formula is C10H12N6OS. The summed E-state index contributed by atoms with van der Waals surface area (Å²) in [5.41, 5.74) is 11.2. The second kappa shape index (κ2) is 4.45. The van der Waals surface area contributed by atoms with Crippen molar-refractivity contribution in [3.63, 3.8) is 0 Å². The Morgan fingerprint density at radius 1 is 1.22 bits per heavy atom. The monoisotopic (exact) mass is 264 g/mol. The maximum Gasteiger partial charge on any atom is 0.237 e. The summed E-state index contributed by atoms with van der Waals surface area (Å²) in [5.74, 6) is 3.10. The summed E-state index contributed by atoms with van der Waals surface area (Å²) in [6.45, 7) is 0. The molecule has 0 aromatic carbocycles. The summed E-state index contributed by atoms with van der Waals surface area (Å²) in [5, 5.41) is 4.45. The molecule has 0 unspecified atom stereocenters. The van der Waals surface area contributed by atoms with Gasteiger partial charge in [-0.3, -0.25) is 0 Å². The van der Waals surface area contributed by atoms with Crippen LogP contribution in [-0.4, -0.2) is 20.1 Å². The van der Waals surface area contributed by atoms with Gasteiger partial charge in [0.05, 0.1) is 5.75 Å². The molecule has 1 fully saturated rings. The van der Waals surface area contributed by atoms with Gasteiger partial charge in [-0.05, 0) is 12.8 Å². The Morgan fingerprint density at radius 3 is 2.61 bits per heavy atom. The van der Waals surface area contributed by atoms with Crippen LogP contribution >= 0.6 is 11.8 Å². The molecule has 1 aliphatic carbocycles. The normalized spacial score (nSPS) is 14.9. The van der Waals surface area contributed by atoms with Crippen molar-refractivity contribution in [1.82, 2.24) is 20.1 Å². The zero-order chi connectivity index (χ0) is 12.5. The third-order valence-corrected chi connectivity index (χ3v) is 3.33. The second-order valence-corrected chi connectivity index (χ2v) is 5.05. The predicted octanol–water partition coefficient (Wildman–Crippen LogP) is 1.19. The van der Waals surface area contributed by atoms with Crippen molar-refractivity contribution < 1.29 is 4.52 Å². The minimum absolute atomic E-state index is 0.356. The van der Waals surface area contributed by atoms with Gasteiger partial charge in [0.25, 0.3) is 0 Å². The van der Waals surface area contributed by atoms with E-state index in [1.54, 1.807) is 0 Å².